The van der Waals surface area contributed by atoms with Crippen molar-refractivity contribution in [2.24, 2.45) is 0 Å². The van der Waals surface area contributed by atoms with E-state index in [1.54, 1.807) is 13.1 Å². The van der Waals surface area contributed by atoms with Gasteiger partial charge < -0.3 is 14.7 Å². The van der Waals surface area contributed by atoms with E-state index in [0.29, 0.717) is 23.1 Å². The Labute approximate surface area is 199 Å². The molecule has 8 nitrogen and oxygen atoms in total. The first-order chi connectivity index (χ1) is 15.5. The smallest absolute Gasteiger partial charge is 0.274 e. The first-order valence-corrected chi connectivity index (χ1v) is 11.2. The molecule has 0 radical (unpaired) electrons. The number of aromatic amines is 1. The number of amides is 2. The van der Waals surface area contributed by atoms with Gasteiger partial charge >= 0.3 is 0 Å². The number of hydrogen-bond donors (Lipinski definition) is 2. The van der Waals surface area contributed by atoms with E-state index in [4.69, 9.17) is 16.1 Å². The molecule has 33 heavy (non-hydrogen) atoms. The highest BCUT2D eigenvalue weighted by Gasteiger charge is 2.31. The Morgan fingerprint density at radius 3 is 2.88 bits per heavy atom. The van der Waals surface area contributed by atoms with Crippen molar-refractivity contribution in [1.29, 1.82) is 0 Å². The third-order valence-corrected chi connectivity index (χ3v) is 6.73. The third-order valence-electron chi connectivity index (χ3n) is 5.30. The fraction of sp³-hybridized carbons (Fsp3) is 0.217. The van der Waals surface area contributed by atoms with E-state index >= 15 is 0 Å². The number of rotatable bonds is 4. The van der Waals surface area contributed by atoms with Crippen molar-refractivity contribution in [2.75, 3.05) is 17.7 Å². The number of nitrogens with zero attached hydrogens (tertiary/aromatic N) is 3. The molecular weight excluding hydrogens is 462 g/mol. The van der Waals surface area contributed by atoms with E-state index in [2.05, 4.69) is 20.7 Å². The topological polar surface area (TPSA) is 104 Å². The third kappa shape index (κ3) is 4.46. The average Bonchev–Trinajstić information content (AvgIpc) is 3.39. The van der Waals surface area contributed by atoms with E-state index in [-0.39, 0.29) is 19.0 Å². The number of likely N-dealkylation sites (N-methyl/N-ethyl adjacent to an activating group) is 1. The van der Waals surface area contributed by atoms with Crippen LogP contribution in [-0.4, -0.2) is 46.0 Å². The Kier molecular flexibility index (Phi) is 6.44. The quantitative estimate of drug-likeness (QED) is 0.448. The number of fused-ring (bicyclic) bond motifs is 2. The Bertz CT molecular complexity index is 1320. The van der Waals surface area contributed by atoms with Gasteiger partial charge in [-0.25, -0.2) is 0 Å². The maximum absolute atomic E-state index is 13.1. The van der Waals surface area contributed by atoms with Crippen LogP contribution in [0.3, 0.4) is 0 Å². The number of benzene rings is 2. The van der Waals surface area contributed by atoms with Gasteiger partial charge in [-0.2, -0.15) is 5.10 Å². The second-order valence-electron chi connectivity index (χ2n) is 7.45. The number of anilines is 1. The van der Waals surface area contributed by atoms with Crippen LogP contribution in [0.5, 0.6) is 0 Å². The zero-order valence-corrected chi connectivity index (χ0v) is 18.5. The van der Waals surface area contributed by atoms with Crippen molar-refractivity contribution >= 4 is 51.8 Å². The summed E-state index contributed by atoms with van der Waals surface area (Å²) in [6.07, 6.45) is 0.529. The fourth-order valence-corrected chi connectivity index (χ4v) is 4.91. The molecule has 2 aromatic heterocycles. The van der Waals surface area contributed by atoms with Crippen LogP contribution in [0.4, 0.5) is 5.69 Å². The molecule has 1 atom stereocenters. The largest absolute Gasteiger partial charge is 0.360 e. The molecule has 1 aliphatic heterocycles. The highest BCUT2D eigenvalue weighted by molar-refractivity contribution is 7.99. The molecule has 0 saturated heterocycles. The summed E-state index contributed by atoms with van der Waals surface area (Å²) in [6, 6.07) is 14.4. The molecule has 0 spiro atoms. The second kappa shape index (κ2) is 9.29. The molecule has 0 fully saturated rings. The molecule has 10 heteroatoms. The summed E-state index contributed by atoms with van der Waals surface area (Å²) < 4.78 is 5.31. The Morgan fingerprint density at radius 2 is 2.09 bits per heavy atom. The van der Waals surface area contributed by atoms with Crippen LogP contribution in [0.15, 0.2) is 57.9 Å². The Balaban J connectivity index is 0.00000259. The highest BCUT2D eigenvalue weighted by atomic mass is 35.5. The van der Waals surface area contributed by atoms with Gasteiger partial charge in [0, 0.05) is 35.6 Å². The number of H-pyrrole nitrogens is 1. The van der Waals surface area contributed by atoms with Crippen LogP contribution in [0.2, 0.25) is 5.15 Å². The maximum Gasteiger partial charge on any atom is 0.274 e. The standard InChI is InChI=1S/C22H18ClN5O3S.CH4/c1-28-18-9-14-15(25-26-20(14)23)10-19(18)32-11-17(22(28)30)24-21(29)16-8-13(31-27-16)7-12-5-3-2-4-6-12;/h2-6,8-10,17H,7,11H2,1H3,(H,24,29)(H,25,26);1H4/t17-;/m0./s1. The lowest BCUT2D eigenvalue weighted by Crippen LogP contribution is -2.48. The zero-order chi connectivity index (χ0) is 22.2. The van der Waals surface area contributed by atoms with Crippen molar-refractivity contribution in [3.63, 3.8) is 0 Å². The summed E-state index contributed by atoms with van der Waals surface area (Å²) in [5.74, 6) is 0.272. The molecule has 0 bridgehead atoms. The van der Waals surface area contributed by atoms with Crippen LogP contribution < -0.4 is 10.2 Å². The van der Waals surface area contributed by atoms with Gasteiger partial charge in [0.15, 0.2) is 5.69 Å². The predicted octanol–water partition coefficient (Wildman–Crippen LogP) is 4.30. The molecule has 2 amide bonds. The first-order valence-electron chi connectivity index (χ1n) is 9.88. The van der Waals surface area contributed by atoms with E-state index < -0.39 is 11.9 Å². The first kappa shape index (κ1) is 22.9. The van der Waals surface area contributed by atoms with Gasteiger partial charge in [-0.3, -0.25) is 14.7 Å². The molecule has 2 aromatic carbocycles. The lowest BCUT2D eigenvalue weighted by Gasteiger charge is -2.21. The molecule has 0 aliphatic carbocycles. The number of carbonyl (C=O) groups is 2. The molecule has 170 valence electrons. The van der Waals surface area contributed by atoms with Crippen molar-refractivity contribution in [2.45, 2.75) is 24.8 Å². The van der Waals surface area contributed by atoms with Gasteiger partial charge in [-0.15, -0.1) is 11.8 Å². The summed E-state index contributed by atoms with van der Waals surface area (Å²) in [7, 11) is 1.68. The average molecular weight is 484 g/mol. The normalized spacial score (nSPS) is 15.6. The van der Waals surface area contributed by atoms with E-state index in [9.17, 15) is 9.59 Å². The van der Waals surface area contributed by atoms with Gasteiger partial charge in [0.25, 0.3) is 5.91 Å². The molecule has 5 rings (SSSR count). The van der Waals surface area contributed by atoms with Gasteiger partial charge in [-0.1, -0.05) is 54.5 Å². The molecule has 1 aliphatic rings. The van der Waals surface area contributed by atoms with Crippen LogP contribution in [0.25, 0.3) is 10.9 Å². The van der Waals surface area contributed by atoms with E-state index in [1.807, 2.05) is 42.5 Å². The molecular formula is C23H22ClN5O3S. The van der Waals surface area contributed by atoms with Gasteiger partial charge in [0.2, 0.25) is 5.91 Å². The van der Waals surface area contributed by atoms with E-state index in [0.717, 1.165) is 27.0 Å². The summed E-state index contributed by atoms with van der Waals surface area (Å²) in [4.78, 5) is 28.3. The van der Waals surface area contributed by atoms with Gasteiger partial charge in [0.1, 0.15) is 17.0 Å². The van der Waals surface area contributed by atoms with Crippen molar-refractivity contribution < 1.29 is 14.1 Å². The minimum absolute atomic E-state index is 0. The van der Waals surface area contributed by atoms with Crippen molar-refractivity contribution in [1.82, 2.24) is 20.7 Å². The number of carbonyl (C=O) groups excluding carboxylic acids is 2. The minimum Gasteiger partial charge on any atom is -0.360 e. The number of nitrogens with one attached hydrogen (secondary N) is 2. The lowest BCUT2D eigenvalue weighted by molar-refractivity contribution is -0.119. The maximum atomic E-state index is 13.1. The number of halogens is 1. The number of thioether (sulfide) groups is 1. The van der Waals surface area contributed by atoms with Crippen LogP contribution in [0.1, 0.15) is 29.2 Å². The summed E-state index contributed by atoms with van der Waals surface area (Å²) >= 11 is 7.63. The number of aromatic nitrogens is 3. The SMILES string of the molecule is C.CN1C(=O)[C@@H](NC(=O)c2cc(Cc3ccccc3)on2)CSc2cc3n[nH]c(Cl)c3cc21. The number of hydrogen-bond acceptors (Lipinski definition) is 6. The highest BCUT2D eigenvalue weighted by Crippen LogP contribution is 2.38. The molecule has 3 heterocycles. The molecule has 4 aromatic rings. The Morgan fingerprint density at radius 1 is 1.30 bits per heavy atom. The summed E-state index contributed by atoms with van der Waals surface area (Å²) in [6.45, 7) is 0. The van der Waals surface area contributed by atoms with Crippen molar-refractivity contribution in [3.8, 4) is 0 Å². The fourth-order valence-electron chi connectivity index (χ4n) is 3.61. The van der Waals surface area contributed by atoms with Gasteiger partial charge in [-0.05, 0) is 17.7 Å². The van der Waals surface area contributed by atoms with Crippen molar-refractivity contribution in [3.05, 3.63) is 70.7 Å². The molecule has 0 saturated carbocycles. The summed E-state index contributed by atoms with van der Waals surface area (Å²) in [5.41, 5.74) is 2.64. The monoisotopic (exact) mass is 483 g/mol. The van der Waals surface area contributed by atoms with Crippen LogP contribution >= 0.6 is 23.4 Å². The predicted molar refractivity (Wildman–Crippen MR) is 129 cm³/mol. The van der Waals surface area contributed by atoms with Crippen LogP contribution in [-0.2, 0) is 11.2 Å². The Hall–Kier alpha value is -3.30. The zero-order valence-electron chi connectivity index (χ0n) is 17.0. The minimum atomic E-state index is -0.719. The molecule has 2 N–H and O–H groups in total. The van der Waals surface area contributed by atoms with E-state index in [1.165, 1.54) is 16.7 Å². The molecule has 0 unspecified atom stereocenters. The second-order valence-corrected chi connectivity index (χ2v) is 8.89. The van der Waals surface area contributed by atoms with Gasteiger partial charge in [0.05, 0.1) is 11.2 Å². The van der Waals surface area contributed by atoms with Crippen LogP contribution in [0, 0.1) is 0 Å². The lowest BCUT2D eigenvalue weighted by atomic mass is 10.1. The summed E-state index contributed by atoms with van der Waals surface area (Å²) in [5, 5.41) is 14.7.